The van der Waals surface area contributed by atoms with E-state index in [0.29, 0.717) is 12.1 Å². The van der Waals surface area contributed by atoms with Crippen molar-refractivity contribution >= 4 is 15.9 Å². The van der Waals surface area contributed by atoms with Gasteiger partial charge < -0.3 is 11.1 Å². The second kappa shape index (κ2) is 7.37. The first kappa shape index (κ1) is 16.6. The van der Waals surface area contributed by atoms with E-state index < -0.39 is 10.0 Å². The molecule has 0 bridgehead atoms. The second-order valence-electron chi connectivity index (χ2n) is 4.42. The fourth-order valence-corrected chi connectivity index (χ4v) is 3.06. The third-order valence-corrected chi connectivity index (χ3v) is 4.72. The van der Waals surface area contributed by atoms with Gasteiger partial charge in [-0.1, -0.05) is 25.1 Å². The minimum atomic E-state index is -3.71. The average Bonchev–Trinajstić information content (AvgIpc) is 2.44. The summed E-state index contributed by atoms with van der Waals surface area (Å²) in [4.78, 5) is 11.7. The summed E-state index contributed by atoms with van der Waals surface area (Å²) < 4.78 is 25.9. The lowest BCUT2D eigenvalue weighted by molar-refractivity contribution is -0.121. The summed E-state index contributed by atoms with van der Waals surface area (Å²) >= 11 is 0. The molecule has 0 saturated heterocycles. The number of rotatable bonds is 7. The minimum absolute atomic E-state index is 0.130. The molecular formula is C13H21N3O3S. The Morgan fingerprint density at radius 1 is 1.35 bits per heavy atom. The van der Waals surface area contributed by atoms with Gasteiger partial charge in [0.15, 0.2) is 0 Å². The Labute approximate surface area is 120 Å². The van der Waals surface area contributed by atoms with E-state index in [9.17, 15) is 13.2 Å². The largest absolute Gasteiger partial charge is 0.355 e. The fraction of sp³-hybridized carbons (Fsp3) is 0.462. The van der Waals surface area contributed by atoms with Crippen molar-refractivity contribution < 1.29 is 13.2 Å². The minimum Gasteiger partial charge on any atom is -0.355 e. The Morgan fingerprint density at radius 2 is 2.00 bits per heavy atom. The van der Waals surface area contributed by atoms with Crippen LogP contribution in [0.5, 0.6) is 0 Å². The molecule has 1 amide bonds. The van der Waals surface area contributed by atoms with Crippen LogP contribution < -0.4 is 11.1 Å². The van der Waals surface area contributed by atoms with Gasteiger partial charge in [-0.3, -0.25) is 4.79 Å². The number of amides is 1. The van der Waals surface area contributed by atoms with Gasteiger partial charge in [0, 0.05) is 20.1 Å². The van der Waals surface area contributed by atoms with Crippen molar-refractivity contribution in [2.45, 2.75) is 24.8 Å². The van der Waals surface area contributed by atoms with Crippen molar-refractivity contribution in [1.82, 2.24) is 9.62 Å². The standard InChI is InChI=1S/C13H21N3O3S/c1-3-8-15-13(17)10-16(2)20(18,19)12-7-5-4-6-11(12)9-14/h4-7H,3,8-10,14H2,1-2H3,(H,15,17). The van der Waals surface area contributed by atoms with Crippen molar-refractivity contribution in [2.75, 3.05) is 20.1 Å². The molecule has 1 aromatic rings. The van der Waals surface area contributed by atoms with Gasteiger partial charge >= 0.3 is 0 Å². The van der Waals surface area contributed by atoms with E-state index in [1.807, 2.05) is 6.92 Å². The molecule has 0 aliphatic rings. The van der Waals surface area contributed by atoms with Crippen molar-refractivity contribution in [3.63, 3.8) is 0 Å². The lowest BCUT2D eigenvalue weighted by atomic mass is 10.2. The number of nitrogens with two attached hydrogens (primary N) is 1. The number of benzene rings is 1. The molecule has 7 heteroatoms. The average molecular weight is 299 g/mol. The molecule has 0 atom stereocenters. The summed E-state index contributed by atoms with van der Waals surface area (Å²) in [5.74, 6) is -0.317. The molecule has 0 spiro atoms. The van der Waals surface area contributed by atoms with Crippen molar-refractivity contribution in [3.05, 3.63) is 29.8 Å². The Balaban J connectivity index is 2.90. The van der Waals surface area contributed by atoms with Gasteiger partial charge in [-0.2, -0.15) is 4.31 Å². The summed E-state index contributed by atoms with van der Waals surface area (Å²) in [5.41, 5.74) is 6.09. The van der Waals surface area contributed by atoms with Crippen LogP contribution in [0.25, 0.3) is 0 Å². The molecule has 0 heterocycles. The van der Waals surface area contributed by atoms with E-state index in [1.165, 1.54) is 13.1 Å². The van der Waals surface area contributed by atoms with Crippen LogP contribution in [0, 0.1) is 0 Å². The maximum absolute atomic E-state index is 12.4. The van der Waals surface area contributed by atoms with Crippen molar-refractivity contribution in [3.8, 4) is 0 Å². The molecule has 0 unspecified atom stereocenters. The molecular weight excluding hydrogens is 278 g/mol. The molecule has 0 aliphatic carbocycles. The van der Waals surface area contributed by atoms with Gasteiger partial charge in [-0.25, -0.2) is 8.42 Å². The van der Waals surface area contributed by atoms with Crippen LogP contribution in [-0.2, 0) is 21.4 Å². The summed E-state index contributed by atoms with van der Waals surface area (Å²) in [7, 11) is -2.33. The van der Waals surface area contributed by atoms with Gasteiger partial charge in [0.05, 0.1) is 11.4 Å². The quantitative estimate of drug-likeness (QED) is 0.757. The van der Waals surface area contributed by atoms with E-state index in [4.69, 9.17) is 5.73 Å². The van der Waals surface area contributed by atoms with Gasteiger partial charge in [-0.05, 0) is 18.1 Å². The number of nitrogens with zero attached hydrogens (tertiary/aromatic N) is 1. The maximum atomic E-state index is 12.4. The van der Waals surface area contributed by atoms with Gasteiger partial charge in [-0.15, -0.1) is 0 Å². The number of hydrogen-bond donors (Lipinski definition) is 2. The molecule has 1 aromatic carbocycles. The predicted octanol–water partition coefficient (Wildman–Crippen LogP) is 0.292. The molecule has 6 nitrogen and oxygen atoms in total. The van der Waals surface area contributed by atoms with Crippen LogP contribution in [0.3, 0.4) is 0 Å². The summed E-state index contributed by atoms with van der Waals surface area (Å²) in [6, 6.07) is 6.53. The maximum Gasteiger partial charge on any atom is 0.243 e. The zero-order valence-electron chi connectivity index (χ0n) is 11.8. The molecule has 0 radical (unpaired) electrons. The highest BCUT2D eigenvalue weighted by Gasteiger charge is 2.24. The first-order valence-electron chi connectivity index (χ1n) is 6.44. The van der Waals surface area contributed by atoms with Gasteiger partial charge in [0.2, 0.25) is 15.9 Å². The number of carbonyl (C=O) groups excluding carboxylic acids is 1. The monoisotopic (exact) mass is 299 g/mol. The molecule has 0 saturated carbocycles. The van der Waals surface area contributed by atoms with Crippen LogP contribution in [0.1, 0.15) is 18.9 Å². The number of nitrogens with one attached hydrogen (secondary N) is 1. The Hall–Kier alpha value is -1.44. The van der Waals surface area contributed by atoms with Gasteiger partial charge in [0.1, 0.15) is 0 Å². The van der Waals surface area contributed by atoms with Crippen LogP contribution in [0.2, 0.25) is 0 Å². The van der Waals surface area contributed by atoms with Crippen molar-refractivity contribution in [1.29, 1.82) is 0 Å². The smallest absolute Gasteiger partial charge is 0.243 e. The highest BCUT2D eigenvalue weighted by Crippen LogP contribution is 2.18. The predicted molar refractivity (Wildman–Crippen MR) is 77.4 cm³/mol. The molecule has 20 heavy (non-hydrogen) atoms. The number of likely N-dealkylation sites (N-methyl/N-ethyl adjacent to an activating group) is 1. The topological polar surface area (TPSA) is 92.5 Å². The second-order valence-corrected chi connectivity index (χ2v) is 6.44. The Morgan fingerprint density at radius 3 is 2.60 bits per heavy atom. The molecule has 112 valence electrons. The van der Waals surface area contributed by atoms with Crippen LogP contribution >= 0.6 is 0 Å². The molecule has 0 aliphatic heterocycles. The van der Waals surface area contributed by atoms with Gasteiger partial charge in [0.25, 0.3) is 0 Å². The Kier molecular flexibility index (Phi) is 6.12. The first-order chi connectivity index (χ1) is 9.43. The summed E-state index contributed by atoms with van der Waals surface area (Å²) in [6.45, 7) is 2.39. The molecule has 3 N–H and O–H groups in total. The van der Waals surface area contributed by atoms with E-state index in [1.54, 1.807) is 18.2 Å². The first-order valence-corrected chi connectivity index (χ1v) is 7.88. The van der Waals surface area contributed by atoms with E-state index in [2.05, 4.69) is 5.32 Å². The molecule has 0 aromatic heterocycles. The third-order valence-electron chi connectivity index (χ3n) is 2.82. The van der Waals surface area contributed by atoms with E-state index in [0.717, 1.165) is 10.7 Å². The highest BCUT2D eigenvalue weighted by atomic mass is 32.2. The highest BCUT2D eigenvalue weighted by molar-refractivity contribution is 7.89. The lowest BCUT2D eigenvalue weighted by Gasteiger charge is -2.18. The number of hydrogen-bond acceptors (Lipinski definition) is 4. The normalized spacial score (nSPS) is 11.6. The van der Waals surface area contributed by atoms with E-state index in [-0.39, 0.29) is 23.9 Å². The van der Waals surface area contributed by atoms with Crippen LogP contribution in [0.4, 0.5) is 0 Å². The fourth-order valence-electron chi connectivity index (χ4n) is 1.70. The number of sulfonamides is 1. The lowest BCUT2D eigenvalue weighted by Crippen LogP contribution is -2.38. The molecule has 1 rings (SSSR count). The SMILES string of the molecule is CCCNC(=O)CN(C)S(=O)(=O)c1ccccc1CN. The van der Waals surface area contributed by atoms with Crippen molar-refractivity contribution in [2.24, 2.45) is 5.73 Å². The zero-order chi connectivity index (χ0) is 15.2. The zero-order valence-corrected chi connectivity index (χ0v) is 12.6. The van der Waals surface area contributed by atoms with Crippen LogP contribution in [0.15, 0.2) is 29.2 Å². The third kappa shape index (κ3) is 4.03. The number of carbonyl (C=O) groups is 1. The van der Waals surface area contributed by atoms with Crippen LogP contribution in [-0.4, -0.2) is 38.8 Å². The molecule has 0 fully saturated rings. The summed E-state index contributed by atoms with van der Waals surface area (Å²) in [6.07, 6.45) is 0.804. The van der Waals surface area contributed by atoms with E-state index >= 15 is 0 Å². The Bertz CT molecular complexity index is 558. The summed E-state index contributed by atoms with van der Waals surface area (Å²) in [5, 5.41) is 2.65.